The first kappa shape index (κ1) is 21.4. The summed E-state index contributed by atoms with van der Waals surface area (Å²) < 4.78 is 1.95. The molecular weight excluding hydrogens is 451 g/mol. The Morgan fingerprint density at radius 1 is 0.935 bits per heavy atom. The largest absolute Gasteiger partial charge is 0.323 e. The predicted octanol–water partition coefficient (Wildman–Crippen LogP) is 6.28. The van der Waals surface area contributed by atoms with E-state index in [0.29, 0.717) is 26.7 Å². The Kier molecular flexibility index (Phi) is 6.61. The molecule has 31 heavy (non-hydrogen) atoms. The van der Waals surface area contributed by atoms with Crippen molar-refractivity contribution in [2.24, 2.45) is 0 Å². The van der Waals surface area contributed by atoms with Gasteiger partial charge in [0.25, 0.3) is 0 Å². The second-order valence-electron chi connectivity index (χ2n) is 6.78. The van der Waals surface area contributed by atoms with E-state index in [9.17, 15) is 4.79 Å². The van der Waals surface area contributed by atoms with Crippen LogP contribution in [-0.4, -0.2) is 26.4 Å². The van der Waals surface area contributed by atoms with E-state index in [1.54, 1.807) is 18.2 Å². The van der Waals surface area contributed by atoms with E-state index in [2.05, 4.69) is 15.5 Å². The number of para-hydroxylation sites is 2. The van der Waals surface area contributed by atoms with E-state index in [-0.39, 0.29) is 11.7 Å². The monoisotopic (exact) mass is 468 g/mol. The smallest absolute Gasteiger partial charge is 0.234 e. The minimum atomic E-state index is -0.237. The molecule has 0 spiro atoms. The molecule has 0 saturated heterocycles. The highest BCUT2D eigenvalue weighted by molar-refractivity contribution is 7.99. The summed E-state index contributed by atoms with van der Waals surface area (Å²) in [5.74, 6) is 0.600. The third-order valence-corrected chi connectivity index (χ3v) is 6.08. The van der Waals surface area contributed by atoms with Crippen molar-refractivity contribution in [3.05, 3.63) is 88.4 Å². The predicted molar refractivity (Wildman–Crippen MR) is 127 cm³/mol. The summed E-state index contributed by atoms with van der Waals surface area (Å²) in [6.07, 6.45) is 0. The van der Waals surface area contributed by atoms with E-state index >= 15 is 0 Å². The van der Waals surface area contributed by atoms with E-state index < -0.39 is 0 Å². The number of rotatable bonds is 6. The molecule has 1 amide bonds. The second kappa shape index (κ2) is 9.56. The zero-order valence-electron chi connectivity index (χ0n) is 16.5. The van der Waals surface area contributed by atoms with Gasteiger partial charge in [-0.2, -0.15) is 0 Å². The number of halogens is 2. The minimum absolute atomic E-state index is 0.125. The number of carbonyl (C=O) groups is 1. The lowest BCUT2D eigenvalue weighted by molar-refractivity contribution is -0.113. The molecule has 4 rings (SSSR count). The molecule has 0 aliphatic rings. The molecule has 1 N–H and O–H groups in total. The van der Waals surface area contributed by atoms with Gasteiger partial charge in [-0.25, -0.2) is 0 Å². The molecule has 0 radical (unpaired) electrons. The van der Waals surface area contributed by atoms with Crippen LogP contribution in [0.1, 0.15) is 5.56 Å². The highest BCUT2D eigenvalue weighted by Crippen LogP contribution is 2.31. The van der Waals surface area contributed by atoms with Crippen LogP contribution < -0.4 is 5.32 Å². The number of hydrogen-bond donors (Lipinski definition) is 1. The van der Waals surface area contributed by atoms with Crippen LogP contribution in [0.2, 0.25) is 10.0 Å². The SMILES string of the molecule is Cc1ccc(-c2nnc(SCC(=O)Nc3c(Cl)cccc3Cl)n2-c2ccccc2)cc1. The van der Waals surface area contributed by atoms with Gasteiger partial charge in [-0.1, -0.05) is 89.1 Å². The van der Waals surface area contributed by atoms with Crippen molar-refractivity contribution in [2.75, 3.05) is 11.1 Å². The van der Waals surface area contributed by atoms with Gasteiger partial charge in [0.05, 0.1) is 21.5 Å². The Labute approximate surface area is 194 Å². The van der Waals surface area contributed by atoms with Crippen LogP contribution in [0, 0.1) is 6.92 Å². The van der Waals surface area contributed by atoms with E-state index in [4.69, 9.17) is 23.2 Å². The number of thioether (sulfide) groups is 1. The van der Waals surface area contributed by atoms with Crippen molar-refractivity contribution in [3.8, 4) is 17.1 Å². The number of aromatic nitrogens is 3. The molecule has 1 heterocycles. The topological polar surface area (TPSA) is 59.8 Å². The fourth-order valence-corrected chi connectivity index (χ4v) is 4.23. The minimum Gasteiger partial charge on any atom is -0.323 e. The van der Waals surface area contributed by atoms with Gasteiger partial charge in [0.15, 0.2) is 11.0 Å². The first-order valence-electron chi connectivity index (χ1n) is 9.47. The Morgan fingerprint density at radius 2 is 1.61 bits per heavy atom. The van der Waals surface area contributed by atoms with E-state index in [1.807, 2.05) is 66.1 Å². The van der Waals surface area contributed by atoms with Crippen molar-refractivity contribution in [2.45, 2.75) is 12.1 Å². The molecule has 8 heteroatoms. The molecule has 0 atom stereocenters. The van der Waals surface area contributed by atoms with E-state index in [1.165, 1.54) is 17.3 Å². The van der Waals surface area contributed by atoms with Crippen LogP contribution in [0.4, 0.5) is 5.69 Å². The number of aryl methyl sites for hydroxylation is 1. The highest BCUT2D eigenvalue weighted by Gasteiger charge is 2.18. The van der Waals surface area contributed by atoms with Crippen LogP contribution in [0.5, 0.6) is 0 Å². The van der Waals surface area contributed by atoms with E-state index in [0.717, 1.165) is 11.3 Å². The van der Waals surface area contributed by atoms with Crippen molar-refractivity contribution in [3.63, 3.8) is 0 Å². The Morgan fingerprint density at radius 3 is 2.29 bits per heavy atom. The number of nitrogens with one attached hydrogen (secondary N) is 1. The van der Waals surface area contributed by atoms with Crippen LogP contribution in [0.15, 0.2) is 78.0 Å². The van der Waals surface area contributed by atoms with Gasteiger partial charge in [0, 0.05) is 11.3 Å². The summed E-state index contributed by atoms with van der Waals surface area (Å²) in [6, 6.07) is 23.0. The second-order valence-corrected chi connectivity index (χ2v) is 8.53. The van der Waals surface area contributed by atoms with Crippen molar-refractivity contribution >= 4 is 46.6 Å². The zero-order valence-corrected chi connectivity index (χ0v) is 18.9. The lowest BCUT2D eigenvalue weighted by atomic mass is 10.1. The standard InChI is InChI=1S/C23H18Cl2N4OS/c1-15-10-12-16(13-11-15)22-27-28-23(29(22)17-6-3-2-4-7-17)31-14-20(30)26-21-18(24)8-5-9-19(21)25/h2-13H,14H2,1H3,(H,26,30). The van der Waals surface area contributed by atoms with Crippen molar-refractivity contribution < 1.29 is 4.79 Å². The van der Waals surface area contributed by atoms with Crippen molar-refractivity contribution in [1.82, 2.24) is 14.8 Å². The number of nitrogens with zero attached hydrogens (tertiary/aromatic N) is 3. The number of amides is 1. The Balaban J connectivity index is 1.60. The van der Waals surface area contributed by atoms with Gasteiger partial charge in [-0.3, -0.25) is 9.36 Å². The zero-order chi connectivity index (χ0) is 21.8. The lowest BCUT2D eigenvalue weighted by Gasteiger charge is -2.11. The molecule has 0 aliphatic carbocycles. The Hall–Kier alpha value is -2.80. The molecule has 0 saturated carbocycles. The quantitative estimate of drug-likeness (QED) is 0.338. The summed E-state index contributed by atoms with van der Waals surface area (Å²) in [5.41, 5.74) is 3.43. The van der Waals surface area contributed by atoms with Gasteiger partial charge in [-0.15, -0.1) is 10.2 Å². The van der Waals surface area contributed by atoms with Crippen LogP contribution >= 0.6 is 35.0 Å². The molecule has 0 aliphatic heterocycles. The summed E-state index contributed by atoms with van der Waals surface area (Å²) in [7, 11) is 0. The first-order valence-corrected chi connectivity index (χ1v) is 11.2. The first-order chi connectivity index (χ1) is 15.0. The average molecular weight is 469 g/mol. The molecule has 156 valence electrons. The Bertz CT molecular complexity index is 1190. The molecule has 0 unspecified atom stereocenters. The molecule has 1 aromatic heterocycles. The average Bonchev–Trinajstić information content (AvgIpc) is 3.20. The third kappa shape index (κ3) is 4.93. The fraction of sp³-hybridized carbons (Fsp3) is 0.0870. The number of hydrogen-bond acceptors (Lipinski definition) is 4. The molecule has 5 nitrogen and oxygen atoms in total. The summed E-state index contributed by atoms with van der Waals surface area (Å²) in [4.78, 5) is 12.5. The highest BCUT2D eigenvalue weighted by atomic mass is 35.5. The fourth-order valence-electron chi connectivity index (χ4n) is 2.99. The van der Waals surface area contributed by atoms with Crippen LogP contribution in [-0.2, 0) is 4.79 Å². The summed E-state index contributed by atoms with van der Waals surface area (Å²) in [6.45, 7) is 2.04. The maximum absolute atomic E-state index is 12.5. The maximum Gasteiger partial charge on any atom is 0.234 e. The van der Waals surface area contributed by atoms with Gasteiger partial charge >= 0.3 is 0 Å². The normalized spacial score (nSPS) is 10.8. The number of anilines is 1. The lowest BCUT2D eigenvalue weighted by Crippen LogP contribution is -2.15. The molecule has 0 fully saturated rings. The van der Waals surface area contributed by atoms with Gasteiger partial charge in [0.1, 0.15) is 0 Å². The molecular formula is C23H18Cl2N4OS. The van der Waals surface area contributed by atoms with Crippen molar-refractivity contribution in [1.29, 1.82) is 0 Å². The van der Waals surface area contributed by atoms with Gasteiger partial charge in [-0.05, 0) is 31.2 Å². The maximum atomic E-state index is 12.5. The van der Waals surface area contributed by atoms with Crippen LogP contribution in [0.25, 0.3) is 17.1 Å². The molecule has 4 aromatic rings. The molecule has 3 aromatic carbocycles. The number of benzene rings is 3. The molecule has 0 bridgehead atoms. The van der Waals surface area contributed by atoms with Crippen LogP contribution in [0.3, 0.4) is 0 Å². The number of carbonyl (C=O) groups excluding carboxylic acids is 1. The van der Waals surface area contributed by atoms with Gasteiger partial charge < -0.3 is 5.32 Å². The third-order valence-electron chi connectivity index (χ3n) is 4.52. The van der Waals surface area contributed by atoms with Gasteiger partial charge in [0.2, 0.25) is 5.91 Å². The summed E-state index contributed by atoms with van der Waals surface area (Å²) in [5, 5.41) is 12.9. The summed E-state index contributed by atoms with van der Waals surface area (Å²) >= 11 is 13.6.